The summed E-state index contributed by atoms with van der Waals surface area (Å²) in [7, 11) is -5.42. The molecule has 0 radical (unpaired) electrons. The van der Waals surface area contributed by atoms with Crippen LogP contribution in [0.15, 0.2) is 58.3 Å². The first-order valence-corrected chi connectivity index (χ1v) is 11.5. The van der Waals surface area contributed by atoms with Gasteiger partial charge in [0, 0.05) is 30.6 Å². The van der Waals surface area contributed by atoms with Crippen molar-refractivity contribution in [3.05, 3.63) is 54.1 Å². The Morgan fingerprint density at radius 2 is 1.37 bits per heavy atom. The molecule has 0 fully saturated rings. The quantitative estimate of drug-likeness (QED) is 0.788. The molecule has 0 aliphatic rings. The van der Waals surface area contributed by atoms with E-state index in [0.717, 1.165) is 6.26 Å². The van der Waals surface area contributed by atoms with Crippen molar-refractivity contribution in [2.75, 3.05) is 18.6 Å². The number of sulfonamides is 1. The second kappa shape index (κ2) is 7.79. The minimum Gasteiger partial charge on any atom is -0.322 e. The second-order valence-electron chi connectivity index (χ2n) is 6.39. The molecule has 0 heterocycles. The molecule has 2 aromatic rings. The van der Waals surface area contributed by atoms with Gasteiger partial charge < -0.3 is 5.32 Å². The maximum absolute atomic E-state index is 12.4. The largest absolute Gasteiger partial charge is 0.322 e. The molecule has 2 aromatic carbocycles. The van der Waals surface area contributed by atoms with E-state index in [4.69, 9.17) is 0 Å². The lowest BCUT2D eigenvalue weighted by molar-refractivity contribution is 0.102. The predicted octanol–water partition coefficient (Wildman–Crippen LogP) is 2.37. The Bertz CT molecular complexity index is 1030. The summed E-state index contributed by atoms with van der Waals surface area (Å²) in [6, 6.07) is 11.2. The van der Waals surface area contributed by atoms with Crippen molar-refractivity contribution in [1.29, 1.82) is 0 Å². The normalized spacial score (nSPS) is 12.4. The smallest absolute Gasteiger partial charge is 0.255 e. The SMILES string of the molecule is CC(C)N(C)S(=O)(=O)c1ccc(C(=O)Nc2ccc(S(C)(=O)=O)cc2)cc1. The number of benzene rings is 2. The number of carbonyl (C=O) groups is 1. The summed E-state index contributed by atoms with van der Waals surface area (Å²) in [5.41, 5.74) is 0.719. The van der Waals surface area contributed by atoms with Crippen LogP contribution >= 0.6 is 0 Å². The van der Waals surface area contributed by atoms with Crippen molar-refractivity contribution in [2.24, 2.45) is 0 Å². The van der Waals surface area contributed by atoms with Crippen LogP contribution in [0, 0.1) is 0 Å². The van der Waals surface area contributed by atoms with E-state index in [1.54, 1.807) is 13.8 Å². The highest BCUT2D eigenvalue weighted by Crippen LogP contribution is 2.19. The highest BCUT2D eigenvalue weighted by molar-refractivity contribution is 7.90. The summed E-state index contributed by atoms with van der Waals surface area (Å²) in [4.78, 5) is 12.6. The first-order valence-electron chi connectivity index (χ1n) is 8.12. The van der Waals surface area contributed by atoms with Gasteiger partial charge in [-0.3, -0.25) is 4.79 Å². The molecule has 146 valence electrons. The number of nitrogens with one attached hydrogen (secondary N) is 1. The average Bonchev–Trinajstić information content (AvgIpc) is 2.60. The van der Waals surface area contributed by atoms with Crippen LogP contribution in [0.25, 0.3) is 0 Å². The minimum atomic E-state index is -3.61. The molecule has 0 atom stereocenters. The summed E-state index contributed by atoms with van der Waals surface area (Å²) >= 11 is 0. The van der Waals surface area contributed by atoms with Crippen LogP contribution in [-0.4, -0.2) is 46.4 Å². The van der Waals surface area contributed by atoms with Crippen molar-refractivity contribution in [2.45, 2.75) is 29.7 Å². The minimum absolute atomic E-state index is 0.104. The summed E-state index contributed by atoms with van der Waals surface area (Å²) < 4.78 is 49.0. The average molecular weight is 411 g/mol. The number of anilines is 1. The van der Waals surface area contributed by atoms with Gasteiger partial charge in [0.1, 0.15) is 0 Å². The van der Waals surface area contributed by atoms with Crippen LogP contribution in [0.3, 0.4) is 0 Å². The Hall–Kier alpha value is -2.23. The van der Waals surface area contributed by atoms with Gasteiger partial charge in [0.25, 0.3) is 5.91 Å². The molecule has 0 aliphatic carbocycles. The molecule has 27 heavy (non-hydrogen) atoms. The van der Waals surface area contributed by atoms with Gasteiger partial charge in [-0.05, 0) is 62.4 Å². The fourth-order valence-corrected chi connectivity index (χ4v) is 4.21. The molecule has 2 rings (SSSR count). The number of carbonyl (C=O) groups excluding carboxylic acids is 1. The lowest BCUT2D eigenvalue weighted by Gasteiger charge is -2.21. The van der Waals surface area contributed by atoms with Crippen LogP contribution in [0.4, 0.5) is 5.69 Å². The zero-order valence-electron chi connectivity index (χ0n) is 15.5. The van der Waals surface area contributed by atoms with E-state index < -0.39 is 25.8 Å². The maximum Gasteiger partial charge on any atom is 0.255 e. The fraction of sp³-hybridized carbons (Fsp3) is 0.278. The van der Waals surface area contributed by atoms with E-state index >= 15 is 0 Å². The maximum atomic E-state index is 12.4. The summed E-state index contributed by atoms with van der Waals surface area (Å²) in [5, 5.41) is 2.64. The molecular formula is C18H22N2O5S2. The predicted molar refractivity (Wildman–Crippen MR) is 104 cm³/mol. The van der Waals surface area contributed by atoms with Crippen molar-refractivity contribution >= 4 is 31.5 Å². The zero-order chi connectivity index (χ0) is 20.4. The Morgan fingerprint density at radius 1 is 0.889 bits per heavy atom. The van der Waals surface area contributed by atoms with Gasteiger partial charge in [-0.25, -0.2) is 16.8 Å². The lowest BCUT2D eigenvalue weighted by atomic mass is 10.2. The van der Waals surface area contributed by atoms with Gasteiger partial charge in [0.15, 0.2) is 9.84 Å². The fourth-order valence-electron chi connectivity index (χ4n) is 2.21. The number of sulfone groups is 1. The third-order valence-corrected chi connectivity index (χ3v) is 7.24. The Balaban J connectivity index is 2.16. The van der Waals surface area contributed by atoms with Crippen molar-refractivity contribution < 1.29 is 21.6 Å². The van der Waals surface area contributed by atoms with E-state index in [1.165, 1.54) is 59.9 Å². The number of amides is 1. The molecule has 7 nitrogen and oxygen atoms in total. The number of hydrogen-bond donors (Lipinski definition) is 1. The van der Waals surface area contributed by atoms with Crippen LogP contribution in [0.5, 0.6) is 0 Å². The van der Waals surface area contributed by atoms with Gasteiger partial charge in [0.05, 0.1) is 9.79 Å². The van der Waals surface area contributed by atoms with Gasteiger partial charge in [-0.15, -0.1) is 0 Å². The van der Waals surface area contributed by atoms with Crippen LogP contribution < -0.4 is 5.32 Å². The third-order valence-electron chi connectivity index (χ3n) is 4.06. The van der Waals surface area contributed by atoms with Crippen LogP contribution in [0.1, 0.15) is 24.2 Å². The summed E-state index contributed by atoms with van der Waals surface area (Å²) in [5.74, 6) is -0.428. The molecule has 1 N–H and O–H groups in total. The Morgan fingerprint density at radius 3 is 1.81 bits per heavy atom. The molecule has 0 spiro atoms. The second-order valence-corrected chi connectivity index (χ2v) is 10.4. The standard InChI is InChI=1S/C18H22N2O5S2/c1-13(2)20(3)27(24,25)17-9-5-14(6-10-17)18(21)19-15-7-11-16(12-8-15)26(4,22)23/h5-13H,1-4H3,(H,19,21). The molecule has 0 bridgehead atoms. The highest BCUT2D eigenvalue weighted by atomic mass is 32.2. The zero-order valence-corrected chi connectivity index (χ0v) is 17.1. The van der Waals surface area contributed by atoms with Gasteiger partial charge in [-0.2, -0.15) is 4.31 Å². The molecule has 0 aliphatic heterocycles. The van der Waals surface area contributed by atoms with Crippen molar-refractivity contribution in [3.8, 4) is 0 Å². The topological polar surface area (TPSA) is 101 Å². The number of nitrogens with zero attached hydrogens (tertiary/aromatic N) is 1. The van der Waals surface area contributed by atoms with E-state index in [0.29, 0.717) is 5.69 Å². The Kier molecular flexibility index (Phi) is 6.08. The molecule has 0 saturated carbocycles. The monoisotopic (exact) mass is 410 g/mol. The van der Waals surface area contributed by atoms with Crippen molar-refractivity contribution in [1.82, 2.24) is 4.31 Å². The van der Waals surface area contributed by atoms with Crippen LogP contribution in [-0.2, 0) is 19.9 Å². The molecule has 0 aromatic heterocycles. The van der Waals surface area contributed by atoms with Gasteiger partial charge in [0.2, 0.25) is 10.0 Å². The summed E-state index contributed by atoms with van der Waals surface area (Å²) in [6.45, 7) is 3.54. The highest BCUT2D eigenvalue weighted by Gasteiger charge is 2.23. The Labute approximate surface area is 160 Å². The number of rotatable bonds is 6. The van der Waals surface area contributed by atoms with E-state index in [-0.39, 0.29) is 21.4 Å². The van der Waals surface area contributed by atoms with Crippen LogP contribution in [0.2, 0.25) is 0 Å². The lowest BCUT2D eigenvalue weighted by Crippen LogP contribution is -2.33. The third kappa shape index (κ3) is 4.94. The van der Waals surface area contributed by atoms with Gasteiger partial charge >= 0.3 is 0 Å². The molecule has 1 amide bonds. The first kappa shape index (κ1) is 21.1. The van der Waals surface area contributed by atoms with Gasteiger partial charge in [-0.1, -0.05) is 0 Å². The molecule has 9 heteroatoms. The molecule has 0 saturated heterocycles. The molecular weight excluding hydrogens is 388 g/mol. The summed E-state index contributed by atoms with van der Waals surface area (Å²) in [6.07, 6.45) is 1.10. The number of hydrogen-bond acceptors (Lipinski definition) is 5. The van der Waals surface area contributed by atoms with Crippen molar-refractivity contribution in [3.63, 3.8) is 0 Å². The van der Waals surface area contributed by atoms with E-state index in [2.05, 4.69) is 5.32 Å². The van der Waals surface area contributed by atoms with E-state index in [9.17, 15) is 21.6 Å². The first-order chi connectivity index (χ1) is 12.4. The molecule has 0 unspecified atom stereocenters. The van der Waals surface area contributed by atoms with E-state index in [1.807, 2.05) is 0 Å².